The summed E-state index contributed by atoms with van der Waals surface area (Å²) in [6, 6.07) is 3.73. The fourth-order valence-corrected chi connectivity index (χ4v) is 3.01. The third kappa shape index (κ3) is 2.84. The standard InChI is InChI=1S/C12H12BrClN2OS/c1-3-8(13)11(17)16-12-15-10-6(2)4-7(14)5-9(10)18-12/h4-5,8H,3H2,1-2H3,(H,15,16,17). The smallest absolute Gasteiger partial charge is 0.239 e. The van der Waals surface area contributed by atoms with Crippen molar-refractivity contribution in [2.45, 2.75) is 25.1 Å². The summed E-state index contributed by atoms with van der Waals surface area (Å²) in [6.45, 7) is 3.90. The Kier molecular flexibility index (Phi) is 4.25. The highest BCUT2D eigenvalue weighted by Gasteiger charge is 2.15. The molecule has 1 atom stereocenters. The highest BCUT2D eigenvalue weighted by atomic mass is 79.9. The number of benzene rings is 1. The normalized spacial score (nSPS) is 12.7. The van der Waals surface area contributed by atoms with Crippen molar-refractivity contribution in [1.82, 2.24) is 4.98 Å². The number of carbonyl (C=O) groups excluding carboxylic acids is 1. The quantitative estimate of drug-likeness (QED) is 0.838. The maximum absolute atomic E-state index is 11.8. The molecule has 0 aliphatic heterocycles. The van der Waals surface area contributed by atoms with Crippen molar-refractivity contribution < 1.29 is 4.79 Å². The van der Waals surface area contributed by atoms with Gasteiger partial charge < -0.3 is 5.32 Å². The monoisotopic (exact) mass is 346 g/mol. The van der Waals surface area contributed by atoms with Crippen LogP contribution in [0.4, 0.5) is 5.13 Å². The molecule has 0 saturated heterocycles. The van der Waals surface area contributed by atoms with Gasteiger partial charge in [-0.15, -0.1) is 0 Å². The molecule has 1 amide bonds. The van der Waals surface area contributed by atoms with E-state index < -0.39 is 0 Å². The molecular weight excluding hydrogens is 336 g/mol. The van der Waals surface area contributed by atoms with Crippen molar-refractivity contribution in [2.24, 2.45) is 0 Å². The van der Waals surface area contributed by atoms with Crippen molar-refractivity contribution in [1.29, 1.82) is 0 Å². The average Bonchev–Trinajstić information content (AvgIpc) is 2.70. The number of nitrogens with one attached hydrogen (secondary N) is 1. The fraction of sp³-hybridized carbons (Fsp3) is 0.333. The lowest BCUT2D eigenvalue weighted by atomic mass is 10.2. The molecule has 0 fully saturated rings. The average molecular weight is 348 g/mol. The predicted octanol–water partition coefficient (Wildman–Crippen LogP) is 4.37. The minimum atomic E-state index is -0.186. The summed E-state index contributed by atoms with van der Waals surface area (Å²) in [5, 5.41) is 4.11. The molecule has 0 aliphatic carbocycles. The molecular formula is C12H12BrClN2OS. The third-order valence-electron chi connectivity index (χ3n) is 2.52. The largest absolute Gasteiger partial charge is 0.301 e. The Balaban J connectivity index is 2.31. The van der Waals surface area contributed by atoms with Crippen molar-refractivity contribution in [3.8, 4) is 0 Å². The van der Waals surface area contributed by atoms with E-state index in [9.17, 15) is 4.79 Å². The summed E-state index contributed by atoms with van der Waals surface area (Å²) in [4.78, 5) is 16.0. The molecule has 96 valence electrons. The van der Waals surface area contributed by atoms with Gasteiger partial charge in [0, 0.05) is 5.02 Å². The first kappa shape index (κ1) is 13.8. The van der Waals surface area contributed by atoms with Crippen LogP contribution in [0, 0.1) is 6.92 Å². The van der Waals surface area contributed by atoms with Gasteiger partial charge in [-0.05, 0) is 31.0 Å². The van der Waals surface area contributed by atoms with E-state index in [1.165, 1.54) is 11.3 Å². The molecule has 6 heteroatoms. The number of hydrogen-bond acceptors (Lipinski definition) is 3. The van der Waals surface area contributed by atoms with Crippen LogP contribution in [0.5, 0.6) is 0 Å². The van der Waals surface area contributed by atoms with Gasteiger partial charge in [-0.25, -0.2) is 4.98 Å². The topological polar surface area (TPSA) is 42.0 Å². The highest BCUT2D eigenvalue weighted by molar-refractivity contribution is 9.10. The van der Waals surface area contributed by atoms with Crippen molar-refractivity contribution in [3.63, 3.8) is 0 Å². The number of carbonyl (C=O) groups is 1. The van der Waals surface area contributed by atoms with E-state index in [-0.39, 0.29) is 10.7 Å². The third-order valence-corrected chi connectivity index (χ3v) is 4.72. The van der Waals surface area contributed by atoms with Crippen LogP contribution >= 0.6 is 38.9 Å². The van der Waals surface area contributed by atoms with Crippen LogP contribution in [0.3, 0.4) is 0 Å². The molecule has 2 aromatic rings. The summed E-state index contributed by atoms with van der Waals surface area (Å²) >= 11 is 10.7. The summed E-state index contributed by atoms with van der Waals surface area (Å²) in [6.07, 6.45) is 0.738. The molecule has 1 aromatic carbocycles. The second-order valence-corrected chi connectivity index (χ2v) is 6.53. The van der Waals surface area contributed by atoms with Gasteiger partial charge in [0.1, 0.15) is 0 Å². The predicted molar refractivity (Wildman–Crippen MR) is 81.0 cm³/mol. The van der Waals surface area contributed by atoms with Gasteiger partial charge in [-0.3, -0.25) is 4.79 Å². The van der Waals surface area contributed by atoms with E-state index in [2.05, 4.69) is 26.2 Å². The summed E-state index contributed by atoms with van der Waals surface area (Å²) in [5.74, 6) is -0.0692. The number of fused-ring (bicyclic) bond motifs is 1. The maximum Gasteiger partial charge on any atom is 0.239 e. The van der Waals surface area contributed by atoms with Crippen LogP contribution in [-0.2, 0) is 4.79 Å². The molecule has 0 bridgehead atoms. The summed E-state index contributed by atoms with van der Waals surface area (Å²) in [5.41, 5.74) is 1.91. The van der Waals surface area contributed by atoms with Gasteiger partial charge in [0.2, 0.25) is 5.91 Å². The zero-order valence-electron chi connectivity index (χ0n) is 9.96. The Morgan fingerprint density at radius 2 is 2.33 bits per heavy atom. The first-order valence-corrected chi connectivity index (χ1v) is 7.64. The van der Waals surface area contributed by atoms with Gasteiger partial charge in [0.25, 0.3) is 0 Å². The van der Waals surface area contributed by atoms with Crippen molar-refractivity contribution >= 4 is 60.1 Å². The first-order chi connectivity index (χ1) is 8.51. The zero-order chi connectivity index (χ0) is 13.3. The maximum atomic E-state index is 11.8. The molecule has 0 radical (unpaired) electrons. The van der Waals surface area contributed by atoms with E-state index in [0.29, 0.717) is 10.2 Å². The van der Waals surface area contributed by atoms with Crippen LogP contribution in [0.2, 0.25) is 5.02 Å². The minimum absolute atomic E-state index is 0.0692. The van der Waals surface area contributed by atoms with Crippen LogP contribution in [0.25, 0.3) is 10.2 Å². The molecule has 0 spiro atoms. The molecule has 1 unspecified atom stereocenters. The van der Waals surface area contributed by atoms with Gasteiger partial charge in [0.05, 0.1) is 15.0 Å². The number of anilines is 1. The Morgan fingerprint density at radius 1 is 1.61 bits per heavy atom. The molecule has 1 N–H and O–H groups in total. The lowest BCUT2D eigenvalue weighted by molar-refractivity contribution is -0.115. The number of nitrogens with zero attached hydrogens (tertiary/aromatic N) is 1. The van der Waals surface area contributed by atoms with Gasteiger partial charge in [-0.2, -0.15) is 0 Å². The summed E-state index contributed by atoms with van der Waals surface area (Å²) < 4.78 is 0.984. The molecule has 18 heavy (non-hydrogen) atoms. The van der Waals surface area contributed by atoms with E-state index in [1.807, 2.05) is 26.0 Å². The number of thiazole rings is 1. The van der Waals surface area contributed by atoms with Crippen LogP contribution in [0.1, 0.15) is 18.9 Å². The molecule has 3 nitrogen and oxygen atoms in total. The molecule has 1 heterocycles. The Hall–Kier alpha value is -0.650. The highest BCUT2D eigenvalue weighted by Crippen LogP contribution is 2.31. The SMILES string of the molecule is CCC(Br)C(=O)Nc1nc2c(C)cc(Cl)cc2s1. The number of aryl methyl sites for hydroxylation is 1. The molecule has 0 saturated carbocycles. The molecule has 1 aromatic heterocycles. The first-order valence-electron chi connectivity index (χ1n) is 5.53. The van der Waals surface area contributed by atoms with Crippen LogP contribution in [-0.4, -0.2) is 15.7 Å². The number of alkyl halides is 1. The van der Waals surface area contributed by atoms with Crippen LogP contribution in [0.15, 0.2) is 12.1 Å². The number of hydrogen-bond donors (Lipinski definition) is 1. The number of halogens is 2. The Morgan fingerprint density at radius 3 is 3.00 bits per heavy atom. The fourth-order valence-electron chi connectivity index (χ4n) is 1.58. The Bertz CT molecular complexity index is 599. The minimum Gasteiger partial charge on any atom is -0.301 e. The second-order valence-electron chi connectivity index (χ2n) is 3.95. The Labute approximate surface area is 123 Å². The summed E-state index contributed by atoms with van der Waals surface area (Å²) in [7, 11) is 0. The lowest BCUT2D eigenvalue weighted by Crippen LogP contribution is -2.21. The van der Waals surface area contributed by atoms with E-state index in [0.717, 1.165) is 22.2 Å². The van der Waals surface area contributed by atoms with Crippen molar-refractivity contribution in [2.75, 3.05) is 5.32 Å². The van der Waals surface area contributed by atoms with E-state index >= 15 is 0 Å². The van der Waals surface area contributed by atoms with Crippen LogP contribution < -0.4 is 5.32 Å². The zero-order valence-corrected chi connectivity index (χ0v) is 13.1. The van der Waals surface area contributed by atoms with Gasteiger partial charge >= 0.3 is 0 Å². The van der Waals surface area contributed by atoms with Crippen molar-refractivity contribution in [3.05, 3.63) is 22.7 Å². The number of rotatable bonds is 3. The second kappa shape index (κ2) is 5.55. The molecule has 2 rings (SSSR count). The lowest BCUT2D eigenvalue weighted by Gasteiger charge is -2.04. The van der Waals surface area contributed by atoms with Gasteiger partial charge in [-0.1, -0.05) is 45.8 Å². The van der Waals surface area contributed by atoms with E-state index in [4.69, 9.17) is 11.6 Å². The van der Waals surface area contributed by atoms with E-state index in [1.54, 1.807) is 0 Å². The number of aromatic nitrogens is 1. The molecule has 0 aliphatic rings. The van der Waals surface area contributed by atoms with Gasteiger partial charge in [0.15, 0.2) is 5.13 Å². The number of amides is 1.